The van der Waals surface area contributed by atoms with Crippen molar-refractivity contribution in [1.29, 1.82) is 0 Å². The summed E-state index contributed by atoms with van der Waals surface area (Å²) in [6.45, 7) is 1.72. The second-order valence-electron chi connectivity index (χ2n) is 6.19. The molecule has 9 heteroatoms. The summed E-state index contributed by atoms with van der Waals surface area (Å²) in [4.78, 5) is 17.3. The van der Waals surface area contributed by atoms with Gasteiger partial charge in [-0.15, -0.1) is 0 Å². The minimum atomic E-state index is -0.794. The first kappa shape index (κ1) is 18.5. The highest BCUT2D eigenvalue weighted by atomic mass is 35.5. The summed E-state index contributed by atoms with van der Waals surface area (Å²) >= 11 is 12.2. The number of rotatable bonds is 3. The van der Waals surface area contributed by atoms with Gasteiger partial charge in [0.15, 0.2) is 0 Å². The fraction of sp³-hybridized carbons (Fsp3) is 0.105. The number of allylic oxidation sites excluding steroid dienone is 1. The van der Waals surface area contributed by atoms with Crippen LogP contribution in [0.5, 0.6) is 0 Å². The third-order valence-corrected chi connectivity index (χ3v) is 4.98. The van der Waals surface area contributed by atoms with Crippen molar-refractivity contribution < 1.29 is 9.18 Å². The van der Waals surface area contributed by atoms with E-state index in [0.717, 1.165) is 0 Å². The maximum Gasteiger partial charge on any atom is 0.255 e. The van der Waals surface area contributed by atoms with Gasteiger partial charge in [0.05, 0.1) is 16.3 Å². The number of hydrogen-bond acceptors (Lipinski definition) is 4. The van der Waals surface area contributed by atoms with Crippen LogP contribution in [0.3, 0.4) is 0 Å². The van der Waals surface area contributed by atoms with Gasteiger partial charge in [-0.1, -0.05) is 41.4 Å². The number of benzene rings is 2. The van der Waals surface area contributed by atoms with Crippen molar-refractivity contribution in [3.8, 4) is 0 Å². The fourth-order valence-corrected chi connectivity index (χ4v) is 3.49. The molecule has 142 valence electrons. The van der Waals surface area contributed by atoms with E-state index in [-0.39, 0.29) is 0 Å². The zero-order valence-corrected chi connectivity index (χ0v) is 16.1. The predicted octanol–water partition coefficient (Wildman–Crippen LogP) is 4.65. The normalized spacial score (nSPS) is 15.8. The number of fused-ring (bicyclic) bond motifs is 1. The molecule has 0 aliphatic carbocycles. The predicted molar refractivity (Wildman–Crippen MR) is 106 cm³/mol. The lowest BCUT2D eigenvalue weighted by atomic mass is 9.94. The molecule has 1 aliphatic heterocycles. The Balaban J connectivity index is 1.80. The maximum atomic E-state index is 14.6. The van der Waals surface area contributed by atoms with E-state index in [2.05, 4.69) is 20.7 Å². The Labute approximate surface area is 170 Å². The fourth-order valence-electron chi connectivity index (χ4n) is 3.15. The van der Waals surface area contributed by atoms with Crippen LogP contribution in [0.1, 0.15) is 18.5 Å². The highest BCUT2D eigenvalue weighted by molar-refractivity contribution is 6.35. The molecule has 28 heavy (non-hydrogen) atoms. The molecule has 0 fully saturated rings. The van der Waals surface area contributed by atoms with Crippen molar-refractivity contribution in [2.75, 3.05) is 10.6 Å². The van der Waals surface area contributed by atoms with Gasteiger partial charge >= 0.3 is 0 Å². The van der Waals surface area contributed by atoms with Crippen molar-refractivity contribution in [1.82, 2.24) is 14.8 Å². The molecule has 2 heterocycles. The molecule has 4 rings (SSSR count). The van der Waals surface area contributed by atoms with Crippen LogP contribution < -0.4 is 10.6 Å². The zero-order valence-electron chi connectivity index (χ0n) is 14.6. The average molecular weight is 418 g/mol. The number of anilines is 2. The molecular weight excluding hydrogens is 404 g/mol. The highest BCUT2D eigenvalue weighted by Crippen LogP contribution is 2.36. The van der Waals surface area contributed by atoms with Crippen LogP contribution in [0.4, 0.5) is 16.0 Å². The van der Waals surface area contributed by atoms with Crippen LogP contribution in [0.15, 0.2) is 60.1 Å². The van der Waals surface area contributed by atoms with Crippen molar-refractivity contribution in [3.05, 3.63) is 81.5 Å². The molecule has 0 spiro atoms. The molecule has 1 atom stereocenters. The van der Waals surface area contributed by atoms with Crippen molar-refractivity contribution in [2.45, 2.75) is 13.0 Å². The third kappa shape index (κ3) is 3.23. The Morgan fingerprint density at radius 3 is 2.82 bits per heavy atom. The maximum absolute atomic E-state index is 14.6. The molecule has 1 aliphatic rings. The van der Waals surface area contributed by atoms with Crippen LogP contribution in [-0.4, -0.2) is 20.7 Å². The Kier molecular flexibility index (Phi) is 4.78. The largest absolute Gasteiger partial charge is 0.328 e. The summed E-state index contributed by atoms with van der Waals surface area (Å²) in [7, 11) is 0. The van der Waals surface area contributed by atoms with Gasteiger partial charge in [-0.25, -0.2) is 9.07 Å². The lowest BCUT2D eigenvalue weighted by Crippen LogP contribution is -2.32. The number of nitrogens with one attached hydrogen (secondary N) is 2. The summed E-state index contributed by atoms with van der Waals surface area (Å²) in [5.74, 6) is -0.485. The first-order valence-electron chi connectivity index (χ1n) is 8.34. The van der Waals surface area contributed by atoms with Crippen LogP contribution in [0.2, 0.25) is 10.0 Å². The Morgan fingerprint density at radius 2 is 2.04 bits per heavy atom. The Bertz CT molecular complexity index is 1110. The summed E-state index contributed by atoms with van der Waals surface area (Å²) in [5.41, 5.74) is 1.48. The van der Waals surface area contributed by atoms with Crippen molar-refractivity contribution >= 4 is 40.7 Å². The van der Waals surface area contributed by atoms with Gasteiger partial charge in [-0.05, 0) is 31.2 Å². The van der Waals surface area contributed by atoms with E-state index >= 15 is 0 Å². The second kappa shape index (κ2) is 7.26. The first-order valence-corrected chi connectivity index (χ1v) is 9.09. The number of nitrogens with zero attached hydrogens (tertiary/aromatic N) is 3. The molecule has 1 aromatic heterocycles. The van der Waals surface area contributed by atoms with E-state index < -0.39 is 17.8 Å². The molecule has 0 saturated carbocycles. The Morgan fingerprint density at radius 1 is 1.25 bits per heavy atom. The zero-order chi connectivity index (χ0) is 19.8. The van der Waals surface area contributed by atoms with Gasteiger partial charge in [0.2, 0.25) is 5.95 Å². The van der Waals surface area contributed by atoms with E-state index in [0.29, 0.717) is 38.5 Å². The molecule has 2 aromatic carbocycles. The topological polar surface area (TPSA) is 71.8 Å². The molecule has 1 amide bonds. The lowest BCUT2D eigenvalue weighted by Gasteiger charge is -2.29. The van der Waals surface area contributed by atoms with E-state index in [1.54, 1.807) is 43.3 Å². The van der Waals surface area contributed by atoms with Crippen molar-refractivity contribution in [2.24, 2.45) is 0 Å². The Hall–Kier alpha value is -2.90. The van der Waals surface area contributed by atoms with Crippen LogP contribution in [0.25, 0.3) is 0 Å². The molecule has 0 bridgehead atoms. The molecule has 6 nitrogen and oxygen atoms in total. The van der Waals surface area contributed by atoms with Gasteiger partial charge < -0.3 is 10.6 Å². The monoisotopic (exact) mass is 417 g/mol. The molecule has 3 aromatic rings. The number of amides is 1. The quantitative estimate of drug-likeness (QED) is 0.650. The molecule has 2 N–H and O–H groups in total. The number of halogens is 3. The molecule has 0 saturated heterocycles. The number of aromatic nitrogens is 3. The summed E-state index contributed by atoms with van der Waals surface area (Å²) in [6.07, 6.45) is 1.35. The third-order valence-electron chi connectivity index (χ3n) is 4.42. The molecule has 0 unspecified atom stereocenters. The van der Waals surface area contributed by atoms with E-state index in [9.17, 15) is 9.18 Å². The van der Waals surface area contributed by atoms with Gasteiger partial charge in [0.1, 0.15) is 18.2 Å². The highest BCUT2D eigenvalue weighted by Gasteiger charge is 2.35. The average Bonchev–Trinajstić information content (AvgIpc) is 3.12. The second-order valence-corrected chi connectivity index (χ2v) is 7.04. The summed E-state index contributed by atoms with van der Waals surface area (Å²) in [6, 6.07) is 10.2. The summed E-state index contributed by atoms with van der Waals surface area (Å²) < 4.78 is 16.1. The van der Waals surface area contributed by atoms with Crippen LogP contribution in [-0.2, 0) is 4.79 Å². The van der Waals surface area contributed by atoms with Gasteiger partial charge in [0, 0.05) is 16.3 Å². The van der Waals surface area contributed by atoms with Gasteiger partial charge in [-0.2, -0.15) is 10.1 Å². The van der Waals surface area contributed by atoms with Crippen molar-refractivity contribution in [3.63, 3.8) is 0 Å². The van der Waals surface area contributed by atoms with Gasteiger partial charge in [0.25, 0.3) is 5.91 Å². The van der Waals surface area contributed by atoms with Gasteiger partial charge in [-0.3, -0.25) is 4.79 Å². The molecular formula is C19H14Cl2FN5O. The van der Waals surface area contributed by atoms with E-state index in [1.807, 2.05) is 0 Å². The number of carbonyl (C=O) groups excluding carboxylic acids is 1. The van der Waals surface area contributed by atoms with E-state index in [1.165, 1.54) is 17.1 Å². The number of hydrogen-bond donors (Lipinski definition) is 2. The SMILES string of the molecule is CC1=C(C(=O)Nc2cc(Cl)ccc2Cl)[C@@H](c2ccccc2F)n2ncnc2N1. The lowest BCUT2D eigenvalue weighted by molar-refractivity contribution is -0.113. The molecule has 0 radical (unpaired) electrons. The summed E-state index contributed by atoms with van der Waals surface area (Å²) in [5, 5.41) is 10.7. The first-order chi connectivity index (χ1) is 13.5. The van der Waals surface area contributed by atoms with Crippen LogP contribution in [0, 0.1) is 5.82 Å². The standard InChI is InChI=1S/C19H14Cl2FN5O/c1-10-16(18(28)26-15-8-11(20)6-7-13(15)21)17(12-4-2-3-5-14(12)22)27-19(25-10)23-9-24-27/h2-9,17H,1H3,(H,26,28)(H,23,24,25)/t17-/m1/s1. The minimum absolute atomic E-state index is 0.291. The van der Waals surface area contributed by atoms with Crippen LogP contribution >= 0.6 is 23.2 Å². The number of carbonyl (C=O) groups is 1. The minimum Gasteiger partial charge on any atom is -0.328 e. The van der Waals surface area contributed by atoms with E-state index in [4.69, 9.17) is 23.2 Å². The smallest absolute Gasteiger partial charge is 0.255 e.